The molecule has 0 amide bonds. The van der Waals surface area contributed by atoms with E-state index in [0.717, 1.165) is 30.5 Å². The summed E-state index contributed by atoms with van der Waals surface area (Å²) >= 11 is 0. The monoisotopic (exact) mass is 223 g/mol. The van der Waals surface area contributed by atoms with Gasteiger partial charge in [0.25, 0.3) is 0 Å². The molecule has 0 saturated carbocycles. The maximum absolute atomic E-state index is 9.40. The zero-order chi connectivity index (χ0) is 12.0. The van der Waals surface area contributed by atoms with E-state index in [9.17, 15) is 10.2 Å². The molecule has 4 heteroatoms. The van der Waals surface area contributed by atoms with Crippen molar-refractivity contribution in [2.75, 3.05) is 7.11 Å². The van der Waals surface area contributed by atoms with Gasteiger partial charge in [0.15, 0.2) is 11.5 Å². The zero-order valence-electron chi connectivity index (χ0n) is 9.60. The maximum atomic E-state index is 9.40. The Bertz CT molecular complexity index is 375. The Kier molecular flexibility index (Phi) is 4.64. The Balaban J connectivity index is 2.92. The average Bonchev–Trinajstić information content (AvgIpc) is 2.28. The largest absolute Gasteiger partial charge is 0.504 e. The van der Waals surface area contributed by atoms with E-state index in [1.54, 1.807) is 6.07 Å². The Labute approximate surface area is 95.2 Å². The summed E-state index contributed by atoms with van der Waals surface area (Å²) in [6, 6.07) is 4.65. The van der Waals surface area contributed by atoms with Crippen molar-refractivity contribution in [1.82, 2.24) is 0 Å². The van der Waals surface area contributed by atoms with E-state index < -0.39 is 0 Å². The summed E-state index contributed by atoms with van der Waals surface area (Å²) in [5.41, 5.74) is 1.55. The third-order valence-corrected chi connectivity index (χ3v) is 2.28. The summed E-state index contributed by atoms with van der Waals surface area (Å²) in [6.45, 7) is 2.10. The molecule has 88 valence electrons. The fourth-order valence-corrected chi connectivity index (χ4v) is 1.40. The van der Waals surface area contributed by atoms with E-state index in [0.29, 0.717) is 0 Å². The maximum Gasteiger partial charge on any atom is 0.158 e. The first-order valence-electron chi connectivity index (χ1n) is 5.31. The fraction of sp³-hybridized carbons (Fsp3) is 0.417. The summed E-state index contributed by atoms with van der Waals surface area (Å²) in [7, 11) is 1.49. The van der Waals surface area contributed by atoms with Gasteiger partial charge in [0, 0.05) is 5.56 Å². The predicted molar refractivity (Wildman–Crippen MR) is 62.8 cm³/mol. The topological polar surface area (TPSA) is 62.0 Å². The number of hydrogen-bond acceptors (Lipinski definition) is 4. The summed E-state index contributed by atoms with van der Waals surface area (Å²) in [5.74, 6) is -0.270. The molecular formula is C12H17NO3. The Morgan fingerprint density at radius 3 is 2.62 bits per heavy atom. The van der Waals surface area contributed by atoms with Gasteiger partial charge in [0.05, 0.1) is 5.71 Å². The van der Waals surface area contributed by atoms with Gasteiger partial charge in [-0.15, -0.1) is 0 Å². The van der Waals surface area contributed by atoms with Crippen LogP contribution in [-0.4, -0.2) is 23.0 Å². The highest BCUT2D eigenvalue weighted by Gasteiger charge is 2.07. The number of hydrogen-bond donors (Lipinski definition) is 2. The quantitative estimate of drug-likeness (QED) is 0.458. The van der Waals surface area contributed by atoms with Crippen LogP contribution in [0.4, 0.5) is 0 Å². The third kappa shape index (κ3) is 3.15. The van der Waals surface area contributed by atoms with Crippen molar-refractivity contribution in [2.24, 2.45) is 5.16 Å². The molecule has 0 spiro atoms. The second-order valence-corrected chi connectivity index (χ2v) is 3.53. The molecule has 1 aromatic rings. The zero-order valence-corrected chi connectivity index (χ0v) is 9.60. The normalized spacial score (nSPS) is 11.5. The molecule has 0 aliphatic rings. The van der Waals surface area contributed by atoms with E-state index in [2.05, 4.69) is 12.1 Å². The highest BCUT2D eigenvalue weighted by Crippen LogP contribution is 2.25. The van der Waals surface area contributed by atoms with E-state index >= 15 is 0 Å². The molecule has 16 heavy (non-hydrogen) atoms. The Morgan fingerprint density at radius 2 is 2.06 bits per heavy atom. The molecule has 0 saturated heterocycles. The van der Waals surface area contributed by atoms with Gasteiger partial charge >= 0.3 is 0 Å². The lowest BCUT2D eigenvalue weighted by Crippen LogP contribution is -2.01. The van der Waals surface area contributed by atoms with Crippen LogP contribution in [0.25, 0.3) is 0 Å². The van der Waals surface area contributed by atoms with Crippen LogP contribution in [0.1, 0.15) is 31.7 Å². The van der Waals surface area contributed by atoms with Gasteiger partial charge in [-0.05, 0) is 31.0 Å². The van der Waals surface area contributed by atoms with Crippen molar-refractivity contribution < 1.29 is 15.1 Å². The number of oxime groups is 1. The standard InChI is InChI=1S/C12H17NO3/c1-3-4-5-10(13-16-2)9-6-7-11(14)12(15)8-9/h6-8,14-15H,3-5H2,1-2H3/b13-10+. The van der Waals surface area contributed by atoms with E-state index in [-0.39, 0.29) is 11.5 Å². The molecule has 0 radical (unpaired) electrons. The number of nitrogens with zero attached hydrogens (tertiary/aromatic N) is 1. The summed E-state index contributed by atoms with van der Waals surface area (Å²) in [4.78, 5) is 4.77. The van der Waals surface area contributed by atoms with E-state index in [1.807, 2.05) is 0 Å². The van der Waals surface area contributed by atoms with Gasteiger partial charge in [0.1, 0.15) is 7.11 Å². The second kappa shape index (κ2) is 6.00. The SMILES string of the molecule is CCCC/C(=N\OC)c1ccc(O)c(O)c1. The third-order valence-electron chi connectivity index (χ3n) is 2.28. The first kappa shape index (κ1) is 12.4. The molecule has 1 rings (SSSR count). The molecular weight excluding hydrogens is 206 g/mol. The second-order valence-electron chi connectivity index (χ2n) is 3.53. The molecule has 0 aromatic heterocycles. The molecule has 0 aliphatic heterocycles. The lowest BCUT2D eigenvalue weighted by molar-refractivity contribution is 0.212. The van der Waals surface area contributed by atoms with Gasteiger partial charge in [-0.1, -0.05) is 18.5 Å². The number of phenolic OH excluding ortho intramolecular Hbond substituents is 2. The smallest absolute Gasteiger partial charge is 0.158 e. The summed E-state index contributed by atoms with van der Waals surface area (Å²) in [6.07, 6.45) is 2.85. The number of unbranched alkanes of at least 4 members (excludes halogenated alkanes) is 1. The van der Waals surface area contributed by atoms with Crippen molar-refractivity contribution in [3.05, 3.63) is 23.8 Å². The van der Waals surface area contributed by atoms with E-state index in [1.165, 1.54) is 19.2 Å². The first-order valence-corrected chi connectivity index (χ1v) is 5.31. The average molecular weight is 223 g/mol. The number of benzene rings is 1. The molecule has 2 N–H and O–H groups in total. The van der Waals surface area contributed by atoms with Crippen molar-refractivity contribution in [1.29, 1.82) is 0 Å². The molecule has 0 fully saturated rings. The van der Waals surface area contributed by atoms with Crippen molar-refractivity contribution in [3.8, 4) is 11.5 Å². The van der Waals surface area contributed by atoms with Gasteiger partial charge < -0.3 is 15.1 Å². The van der Waals surface area contributed by atoms with Crippen LogP contribution >= 0.6 is 0 Å². The van der Waals surface area contributed by atoms with Crippen molar-refractivity contribution >= 4 is 5.71 Å². The van der Waals surface area contributed by atoms with Gasteiger partial charge in [-0.3, -0.25) is 0 Å². The molecule has 0 bridgehead atoms. The summed E-state index contributed by atoms with van der Waals surface area (Å²) in [5, 5.41) is 22.5. The molecule has 1 aromatic carbocycles. The lowest BCUT2D eigenvalue weighted by atomic mass is 10.0. The van der Waals surface area contributed by atoms with Crippen molar-refractivity contribution in [2.45, 2.75) is 26.2 Å². The lowest BCUT2D eigenvalue weighted by Gasteiger charge is -2.06. The highest BCUT2D eigenvalue weighted by atomic mass is 16.6. The predicted octanol–water partition coefficient (Wildman–Crippen LogP) is 2.64. The molecule has 0 aliphatic carbocycles. The van der Waals surface area contributed by atoms with Crippen LogP contribution < -0.4 is 0 Å². The first-order chi connectivity index (χ1) is 7.69. The number of aromatic hydroxyl groups is 2. The van der Waals surface area contributed by atoms with Crippen molar-refractivity contribution in [3.63, 3.8) is 0 Å². The minimum atomic E-state index is -0.141. The number of phenols is 2. The Hall–Kier alpha value is -1.71. The highest BCUT2D eigenvalue weighted by molar-refractivity contribution is 6.00. The van der Waals surface area contributed by atoms with E-state index in [4.69, 9.17) is 4.84 Å². The Morgan fingerprint density at radius 1 is 1.31 bits per heavy atom. The van der Waals surface area contributed by atoms with Crippen LogP contribution in [0.2, 0.25) is 0 Å². The number of rotatable bonds is 5. The minimum absolute atomic E-state index is 0.129. The van der Waals surface area contributed by atoms with Crippen LogP contribution in [0.5, 0.6) is 11.5 Å². The molecule has 0 atom stereocenters. The molecule has 0 unspecified atom stereocenters. The summed E-state index contributed by atoms with van der Waals surface area (Å²) < 4.78 is 0. The molecule has 4 nitrogen and oxygen atoms in total. The van der Waals surface area contributed by atoms with Crippen LogP contribution in [0.3, 0.4) is 0 Å². The fourth-order valence-electron chi connectivity index (χ4n) is 1.40. The minimum Gasteiger partial charge on any atom is -0.504 e. The van der Waals surface area contributed by atoms with Crippen LogP contribution in [0, 0.1) is 0 Å². The van der Waals surface area contributed by atoms with Gasteiger partial charge in [0.2, 0.25) is 0 Å². The van der Waals surface area contributed by atoms with Gasteiger partial charge in [-0.25, -0.2) is 0 Å². The van der Waals surface area contributed by atoms with Crippen LogP contribution in [0.15, 0.2) is 23.4 Å². The van der Waals surface area contributed by atoms with Crippen LogP contribution in [-0.2, 0) is 4.84 Å². The van der Waals surface area contributed by atoms with Gasteiger partial charge in [-0.2, -0.15) is 0 Å². The molecule has 0 heterocycles.